The monoisotopic (exact) mass is 529 g/mol. The topological polar surface area (TPSA) is 171 Å². The van der Waals surface area contributed by atoms with Crippen molar-refractivity contribution in [2.24, 2.45) is 5.73 Å². The molecular formula is C23H37N3O7P2. The molecule has 12 heteroatoms. The predicted molar refractivity (Wildman–Crippen MR) is 139 cm³/mol. The van der Waals surface area contributed by atoms with E-state index in [1.54, 1.807) is 46.2 Å². The van der Waals surface area contributed by atoms with Gasteiger partial charge in [-0.15, -0.1) is 0 Å². The van der Waals surface area contributed by atoms with E-state index in [1.165, 1.54) is 12.1 Å². The van der Waals surface area contributed by atoms with E-state index in [4.69, 9.17) is 5.73 Å². The molecule has 2 rings (SSSR count). The summed E-state index contributed by atoms with van der Waals surface area (Å²) < 4.78 is 12.0. The number of rotatable bonds is 15. The zero-order chi connectivity index (χ0) is 26.1. The highest BCUT2D eigenvalue weighted by Crippen LogP contribution is 2.39. The van der Waals surface area contributed by atoms with E-state index in [1.807, 2.05) is 0 Å². The molecule has 0 amide bonds. The minimum atomic E-state index is -4.47. The van der Waals surface area contributed by atoms with E-state index in [0.29, 0.717) is 36.9 Å². The minimum absolute atomic E-state index is 0.0170. The molecule has 196 valence electrons. The first-order chi connectivity index (χ1) is 16.4. The zero-order valence-electron chi connectivity index (χ0n) is 19.7. The van der Waals surface area contributed by atoms with Crippen molar-refractivity contribution in [2.45, 2.75) is 38.4 Å². The Morgan fingerprint density at radius 1 is 0.857 bits per heavy atom. The highest BCUT2D eigenvalue weighted by atomic mass is 31.2. The van der Waals surface area contributed by atoms with E-state index < -0.39 is 27.3 Å². The van der Waals surface area contributed by atoms with E-state index in [0.717, 1.165) is 0 Å². The van der Waals surface area contributed by atoms with Crippen molar-refractivity contribution in [2.75, 3.05) is 25.7 Å². The molecule has 8 N–H and O–H groups in total. The lowest BCUT2D eigenvalue weighted by molar-refractivity contribution is 0.135. The van der Waals surface area contributed by atoms with Gasteiger partial charge in [0.05, 0.1) is 6.29 Å². The molecule has 0 spiro atoms. The van der Waals surface area contributed by atoms with Crippen LogP contribution in [0.25, 0.3) is 0 Å². The van der Waals surface area contributed by atoms with Crippen LogP contribution in [0.2, 0.25) is 0 Å². The van der Waals surface area contributed by atoms with Crippen LogP contribution in [0.5, 0.6) is 11.5 Å². The summed E-state index contributed by atoms with van der Waals surface area (Å²) in [7, 11) is -7.96. The first-order valence-electron chi connectivity index (χ1n) is 11.3. The molecule has 0 heterocycles. The Labute approximate surface area is 206 Å². The van der Waals surface area contributed by atoms with E-state index in [9.17, 15) is 34.4 Å². The van der Waals surface area contributed by atoms with Gasteiger partial charge in [-0.3, -0.25) is 14.4 Å². The molecule has 0 radical (unpaired) electrons. The fraction of sp³-hybridized carbons (Fsp3) is 0.435. The zero-order valence-corrected chi connectivity index (χ0v) is 21.5. The second-order valence-electron chi connectivity index (χ2n) is 8.78. The number of nitrogens with two attached hydrogens (primary N) is 1. The van der Waals surface area contributed by atoms with Gasteiger partial charge in [-0.25, -0.2) is 0 Å². The summed E-state index contributed by atoms with van der Waals surface area (Å²) in [5.41, 5.74) is 6.75. The summed E-state index contributed by atoms with van der Waals surface area (Å²) in [6, 6.07) is 12.9. The van der Waals surface area contributed by atoms with Crippen LogP contribution in [0.3, 0.4) is 0 Å². The van der Waals surface area contributed by atoms with Crippen LogP contribution in [-0.4, -0.2) is 77.6 Å². The largest absolute Gasteiger partial charge is 0.508 e. The lowest BCUT2D eigenvalue weighted by Crippen LogP contribution is -2.44. The van der Waals surface area contributed by atoms with Crippen molar-refractivity contribution in [1.82, 2.24) is 9.80 Å². The number of phenolic OH excluding ortho intramolecular Hbond substituents is 2. The summed E-state index contributed by atoms with van der Waals surface area (Å²) >= 11 is 0. The molecule has 0 saturated heterocycles. The third kappa shape index (κ3) is 11.3. The maximum atomic E-state index is 12.0. The molecule has 10 nitrogen and oxygen atoms in total. The summed E-state index contributed by atoms with van der Waals surface area (Å²) in [6.07, 6.45) is 4.70. The summed E-state index contributed by atoms with van der Waals surface area (Å²) in [4.78, 5) is 43.2. The number of unbranched alkanes of at least 4 members (excludes halogenated alkanes) is 1. The molecule has 0 aliphatic carbocycles. The predicted octanol–water partition coefficient (Wildman–Crippen LogP) is 2.26. The molecule has 2 aromatic carbocycles. The fourth-order valence-corrected chi connectivity index (χ4v) is 5.64. The second kappa shape index (κ2) is 13.6. The Bertz CT molecular complexity index is 1030. The highest BCUT2D eigenvalue weighted by molar-refractivity contribution is 7.62. The van der Waals surface area contributed by atoms with Crippen LogP contribution in [0.1, 0.15) is 30.4 Å². The van der Waals surface area contributed by atoms with Gasteiger partial charge in [-0.1, -0.05) is 49.1 Å². The SMILES string of the molecule is C=P(O)(O)CN(Cc1ccccc1O)CC(CCCCN)N(Cc1ccccc1O)CP(=O)(O)O. The van der Waals surface area contributed by atoms with Crippen LogP contribution >= 0.6 is 14.9 Å². The Kier molecular flexibility index (Phi) is 11.4. The third-order valence-corrected chi connectivity index (χ3v) is 7.10. The van der Waals surface area contributed by atoms with Gasteiger partial charge in [-0.05, 0) is 31.5 Å². The van der Waals surface area contributed by atoms with Crippen LogP contribution in [0, 0.1) is 0 Å². The van der Waals surface area contributed by atoms with Crippen LogP contribution in [0.4, 0.5) is 0 Å². The van der Waals surface area contributed by atoms with Crippen molar-refractivity contribution in [3.63, 3.8) is 0 Å². The number of benzene rings is 2. The Morgan fingerprint density at radius 3 is 1.89 bits per heavy atom. The van der Waals surface area contributed by atoms with Gasteiger partial charge in [0.1, 0.15) is 25.1 Å². The number of para-hydroxylation sites is 2. The number of nitrogens with zero attached hydrogens (tertiary/aromatic N) is 2. The Hall–Kier alpha value is -1.71. The maximum absolute atomic E-state index is 12.0. The molecule has 1 unspecified atom stereocenters. The van der Waals surface area contributed by atoms with Gasteiger partial charge in [0.2, 0.25) is 0 Å². The number of phenols is 2. The molecule has 0 aliphatic heterocycles. The standard InChI is InChI=1S/C23H37N3O7P2/c1-34(29,30)17-25(14-19-8-2-4-11-22(19)27)16-21(10-6-7-13-24)26(18-35(31,32)33)15-20-9-3-5-12-23(20)28/h2-5,8-9,11-12,21,27-30H,1,6-7,10,13-18,24H2,(H2,31,32,33). The molecule has 0 fully saturated rings. The fourth-order valence-electron chi connectivity index (χ4n) is 3.98. The van der Waals surface area contributed by atoms with Gasteiger partial charge in [0.25, 0.3) is 0 Å². The third-order valence-electron chi connectivity index (χ3n) is 5.52. The second-order valence-corrected chi connectivity index (χ2v) is 12.4. The van der Waals surface area contributed by atoms with Crippen molar-refractivity contribution < 1.29 is 34.4 Å². The Balaban J connectivity index is 2.39. The van der Waals surface area contributed by atoms with E-state index in [-0.39, 0.29) is 37.4 Å². The average molecular weight is 530 g/mol. The van der Waals surface area contributed by atoms with E-state index in [2.05, 4.69) is 6.30 Å². The van der Waals surface area contributed by atoms with Gasteiger partial charge in [0.15, 0.2) is 0 Å². The van der Waals surface area contributed by atoms with Crippen molar-refractivity contribution in [3.8, 4) is 11.5 Å². The first-order valence-corrected chi connectivity index (χ1v) is 15.2. The minimum Gasteiger partial charge on any atom is -0.508 e. The number of hydrogen-bond donors (Lipinski definition) is 7. The average Bonchev–Trinajstić information content (AvgIpc) is 2.74. The van der Waals surface area contributed by atoms with Crippen LogP contribution in [0.15, 0.2) is 48.5 Å². The Morgan fingerprint density at radius 2 is 1.40 bits per heavy atom. The molecule has 1 atom stereocenters. The lowest BCUT2D eigenvalue weighted by Gasteiger charge is -2.37. The highest BCUT2D eigenvalue weighted by Gasteiger charge is 2.29. The summed E-state index contributed by atoms with van der Waals surface area (Å²) in [5, 5.41) is 20.5. The van der Waals surface area contributed by atoms with Gasteiger partial charge in [-0.2, -0.15) is 0 Å². The van der Waals surface area contributed by atoms with Gasteiger partial charge >= 0.3 is 7.60 Å². The quantitative estimate of drug-likeness (QED) is 0.134. The van der Waals surface area contributed by atoms with Crippen LogP contribution in [-0.2, 0) is 17.7 Å². The molecule has 2 aromatic rings. The smallest absolute Gasteiger partial charge is 0.339 e. The van der Waals surface area contributed by atoms with E-state index >= 15 is 0 Å². The molecule has 0 aliphatic rings. The van der Waals surface area contributed by atoms with Crippen LogP contribution < -0.4 is 5.73 Å². The maximum Gasteiger partial charge on any atom is 0.339 e. The number of hydrogen-bond acceptors (Lipinski definition) is 8. The lowest BCUT2D eigenvalue weighted by atomic mass is 10.1. The summed E-state index contributed by atoms with van der Waals surface area (Å²) in [6.45, 7) is 0.940. The normalized spacial score (nSPS) is 13.5. The molecule has 0 bridgehead atoms. The molecule has 0 aromatic heterocycles. The van der Waals surface area contributed by atoms with Crippen molar-refractivity contribution >= 4 is 21.2 Å². The van der Waals surface area contributed by atoms with Gasteiger partial charge < -0.3 is 35.5 Å². The van der Waals surface area contributed by atoms with Crippen molar-refractivity contribution in [3.05, 3.63) is 59.7 Å². The number of aromatic hydroxyl groups is 2. The summed E-state index contributed by atoms with van der Waals surface area (Å²) in [5.74, 6) is 0.0748. The molecule has 35 heavy (non-hydrogen) atoms. The first kappa shape index (κ1) is 29.5. The molecular weight excluding hydrogens is 492 g/mol. The van der Waals surface area contributed by atoms with Gasteiger partial charge in [0, 0.05) is 36.8 Å². The molecule has 0 saturated carbocycles. The van der Waals surface area contributed by atoms with Crippen molar-refractivity contribution in [1.29, 1.82) is 0 Å².